The van der Waals surface area contributed by atoms with E-state index in [-0.39, 0.29) is 23.3 Å². The van der Waals surface area contributed by atoms with Gasteiger partial charge in [-0.25, -0.2) is 5.10 Å². The van der Waals surface area contributed by atoms with Crippen molar-refractivity contribution in [1.82, 2.24) is 24.9 Å². The maximum absolute atomic E-state index is 12.7. The first-order valence-corrected chi connectivity index (χ1v) is 10.7. The predicted molar refractivity (Wildman–Crippen MR) is 126 cm³/mol. The molecule has 3 aromatic rings. The quantitative estimate of drug-likeness (QED) is 0.564. The second-order valence-corrected chi connectivity index (χ2v) is 7.73. The first-order valence-electron chi connectivity index (χ1n) is 10.7. The van der Waals surface area contributed by atoms with E-state index in [4.69, 9.17) is 15.2 Å². The third kappa shape index (κ3) is 4.39. The normalized spacial score (nSPS) is 15.1. The Labute approximate surface area is 196 Å². The second kappa shape index (κ2) is 9.59. The van der Waals surface area contributed by atoms with Gasteiger partial charge in [0, 0.05) is 24.7 Å². The number of nitrogens with zero attached hydrogens (tertiary/aromatic N) is 4. The number of piperidine rings is 1. The van der Waals surface area contributed by atoms with E-state index in [1.165, 1.54) is 0 Å². The summed E-state index contributed by atoms with van der Waals surface area (Å²) in [7, 11) is 3.12. The van der Waals surface area contributed by atoms with Crippen molar-refractivity contribution < 1.29 is 14.3 Å². The molecule has 3 heterocycles. The third-order valence-corrected chi connectivity index (χ3v) is 5.60. The number of rotatable bonds is 3. The highest BCUT2D eigenvalue weighted by Crippen LogP contribution is 2.28. The van der Waals surface area contributed by atoms with Crippen molar-refractivity contribution in [2.75, 3.05) is 33.0 Å². The molecule has 1 atom stereocenters. The summed E-state index contributed by atoms with van der Waals surface area (Å²) in [5, 5.41) is 11.3. The molecule has 1 aliphatic heterocycles. The molecule has 10 heteroatoms. The topological polar surface area (TPSA) is 128 Å². The van der Waals surface area contributed by atoms with Gasteiger partial charge in [-0.1, -0.05) is 11.8 Å². The first-order chi connectivity index (χ1) is 16.4. The molecule has 0 bridgehead atoms. The number of fused-ring (bicyclic) bond motifs is 1. The Hall–Kier alpha value is -4.44. The molecule has 0 saturated carbocycles. The van der Waals surface area contributed by atoms with Gasteiger partial charge >= 0.3 is 0 Å². The number of H-pyrrole nitrogens is 1. The number of hydrogen-bond donors (Lipinski definition) is 2. The van der Waals surface area contributed by atoms with E-state index in [1.807, 2.05) is 0 Å². The number of nitrogens with two attached hydrogens (primary N) is 1. The number of likely N-dealkylation sites (tertiary alicyclic amines) is 1. The Morgan fingerprint density at radius 3 is 2.62 bits per heavy atom. The number of hydrogen-bond acceptors (Lipinski definition) is 7. The number of ether oxygens (including phenoxy) is 2. The molecule has 1 aliphatic rings. The van der Waals surface area contributed by atoms with Crippen molar-refractivity contribution in [3.63, 3.8) is 0 Å². The Bertz CT molecular complexity index is 1410. The Morgan fingerprint density at radius 1 is 1.21 bits per heavy atom. The molecule has 1 aromatic carbocycles. The van der Waals surface area contributed by atoms with Crippen molar-refractivity contribution in [2.24, 2.45) is 0 Å². The largest absolute Gasteiger partial charge is 0.497 e. The van der Waals surface area contributed by atoms with Gasteiger partial charge in [-0.2, -0.15) is 10.2 Å². The third-order valence-electron chi connectivity index (χ3n) is 5.60. The average molecular weight is 460 g/mol. The fourth-order valence-corrected chi connectivity index (χ4v) is 4.00. The molecule has 0 radical (unpaired) electrons. The minimum Gasteiger partial charge on any atom is -0.497 e. The van der Waals surface area contributed by atoms with Crippen LogP contribution in [0.2, 0.25) is 0 Å². The van der Waals surface area contributed by atoms with Gasteiger partial charge in [0.2, 0.25) is 0 Å². The van der Waals surface area contributed by atoms with Crippen LogP contribution in [0, 0.1) is 23.7 Å². The van der Waals surface area contributed by atoms with Gasteiger partial charge in [0.05, 0.1) is 25.6 Å². The van der Waals surface area contributed by atoms with E-state index in [1.54, 1.807) is 48.9 Å². The van der Waals surface area contributed by atoms with Gasteiger partial charge in [0.15, 0.2) is 5.82 Å². The van der Waals surface area contributed by atoms with E-state index >= 15 is 0 Å². The van der Waals surface area contributed by atoms with Gasteiger partial charge in [-0.3, -0.25) is 14.3 Å². The summed E-state index contributed by atoms with van der Waals surface area (Å²) in [5.41, 5.74) is 6.94. The number of carbonyl (C=O) groups is 1. The summed E-state index contributed by atoms with van der Waals surface area (Å²) in [6.07, 6.45) is 1.49. The lowest BCUT2D eigenvalue weighted by Gasteiger charge is -2.31. The number of nitrogen functional groups attached to an aromatic ring is 1. The highest BCUT2D eigenvalue weighted by atomic mass is 16.5. The van der Waals surface area contributed by atoms with E-state index in [0.717, 1.165) is 12.8 Å². The number of aromatic nitrogens is 4. The lowest BCUT2D eigenvalue weighted by molar-refractivity contribution is -0.126. The molecule has 2 aromatic heterocycles. The number of amides is 1. The number of carbonyl (C=O) groups excluding carboxylic acids is 1. The number of aromatic amines is 1. The van der Waals surface area contributed by atoms with Crippen molar-refractivity contribution in [3.8, 4) is 35.2 Å². The summed E-state index contributed by atoms with van der Waals surface area (Å²) in [5.74, 6) is 12.3. The van der Waals surface area contributed by atoms with Gasteiger partial charge < -0.3 is 20.1 Å². The van der Waals surface area contributed by atoms with Gasteiger partial charge in [0.1, 0.15) is 22.7 Å². The zero-order valence-corrected chi connectivity index (χ0v) is 19.1. The van der Waals surface area contributed by atoms with E-state index in [9.17, 15) is 9.59 Å². The Kier molecular flexibility index (Phi) is 6.42. The van der Waals surface area contributed by atoms with E-state index in [2.05, 4.69) is 39.0 Å². The molecule has 1 amide bonds. The summed E-state index contributed by atoms with van der Waals surface area (Å²) < 4.78 is 12.2. The minimum absolute atomic E-state index is 0.119. The lowest BCUT2D eigenvalue weighted by Crippen LogP contribution is -2.40. The zero-order chi connectivity index (χ0) is 24.2. The van der Waals surface area contributed by atoms with Crippen LogP contribution in [0.1, 0.15) is 37.1 Å². The monoisotopic (exact) mass is 460 g/mol. The molecule has 4 rings (SSSR count). The van der Waals surface area contributed by atoms with Gasteiger partial charge in [-0.15, -0.1) is 0 Å². The van der Waals surface area contributed by atoms with Crippen LogP contribution in [-0.4, -0.2) is 58.1 Å². The highest BCUT2D eigenvalue weighted by molar-refractivity contribution is 5.94. The van der Waals surface area contributed by atoms with Crippen LogP contribution in [-0.2, 0) is 4.79 Å². The molecular weight excluding hydrogens is 436 g/mol. The maximum atomic E-state index is 12.7. The lowest BCUT2D eigenvalue weighted by atomic mass is 10.1. The van der Waals surface area contributed by atoms with E-state index in [0.29, 0.717) is 41.2 Å². The number of benzene rings is 1. The van der Waals surface area contributed by atoms with Crippen LogP contribution in [0.4, 0.5) is 5.82 Å². The SMILES string of the molecule is CC#CC(=O)N1CCC[C@H](n2nc(C#Cc3cc(OC)cc(OC)c3)c3c(N)n[nH]c(=O)c32)C1. The molecule has 0 aliphatic carbocycles. The van der Waals surface area contributed by atoms with Crippen molar-refractivity contribution in [1.29, 1.82) is 0 Å². The molecule has 1 fully saturated rings. The Balaban J connectivity index is 1.80. The zero-order valence-electron chi connectivity index (χ0n) is 19.1. The highest BCUT2D eigenvalue weighted by Gasteiger charge is 2.28. The van der Waals surface area contributed by atoms with Gasteiger partial charge in [-0.05, 0) is 43.7 Å². The van der Waals surface area contributed by atoms with Gasteiger partial charge in [0.25, 0.3) is 11.5 Å². The summed E-state index contributed by atoms with van der Waals surface area (Å²) in [4.78, 5) is 26.7. The van der Waals surface area contributed by atoms with Crippen LogP contribution in [0.5, 0.6) is 11.5 Å². The molecule has 174 valence electrons. The fraction of sp³-hybridized carbons (Fsp3) is 0.333. The number of anilines is 1. The smallest absolute Gasteiger partial charge is 0.298 e. The number of nitrogens with one attached hydrogen (secondary N) is 1. The van der Waals surface area contributed by atoms with Crippen LogP contribution in [0.15, 0.2) is 23.0 Å². The molecule has 0 unspecified atom stereocenters. The Morgan fingerprint density at radius 2 is 1.94 bits per heavy atom. The molecule has 10 nitrogen and oxygen atoms in total. The number of methoxy groups -OCH3 is 2. The van der Waals surface area contributed by atoms with Crippen molar-refractivity contribution in [3.05, 3.63) is 39.8 Å². The molecule has 34 heavy (non-hydrogen) atoms. The van der Waals surface area contributed by atoms with Crippen LogP contribution >= 0.6 is 0 Å². The molecule has 3 N–H and O–H groups in total. The predicted octanol–water partition coefficient (Wildman–Crippen LogP) is 1.31. The van der Waals surface area contributed by atoms with Crippen molar-refractivity contribution in [2.45, 2.75) is 25.8 Å². The average Bonchev–Trinajstić information content (AvgIpc) is 3.26. The summed E-state index contributed by atoms with van der Waals surface area (Å²) >= 11 is 0. The molecule has 1 saturated heterocycles. The summed E-state index contributed by atoms with van der Waals surface area (Å²) in [6.45, 7) is 2.61. The standard InChI is InChI=1S/C24H24N6O4/c1-4-6-20(31)29-10-5-7-16(14-29)30-22-21(23(25)26-27-24(22)32)19(28-30)9-8-15-11-17(33-2)13-18(12-15)34-3/h11-13,16H,5,7,10,14H2,1-3H3,(H2,25,26)(H,27,32)/t16-/m0/s1. The summed E-state index contributed by atoms with van der Waals surface area (Å²) in [6, 6.07) is 5.05. The fourth-order valence-electron chi connectivity index (χ4n) is 4.00. The molecular formula is C24H24N6O4. The first kappa shape index (κ1) is 22.7. The molecule has 0 spiro atoms. The second-order valence-electron chi connectivity index (χ2n) is 7.73. The van der Waals surface area contributed by atoms with Crippen LogP contribution < -0.4 is 20.8 Å². The van der Waals surface area contributed by atoms with E-state index < -0.39 is 5.56 Å². The minimum atomic E-state index is -0.426. The maximum Gasteiger partial charge on any atom is 0.298 e. The van der Waals surface area contributed by atoms with Crippen molar-refractivity contribution >= 4 is 22.6 Å². The van der Waals surface area contributed by atoms with Crippen LogP contribution in [0.25, 0.3) is 10.9 Å². The van der Waals surface area contributed by atoms with Crippen LogP contribution in [0.3, 0.4) is 0 Å².